The van der Waals surface area contributed by atoms with Crippen molar-refractivity contribution in [1.82, 2.24) is 20.1 Å². The van der Waals surface area contributed by atoms with Crippen LogP contribution in [0.3, 0.4) is 0 Å². The summed E-state index contributed by atoms with van der Waals surface area (Å²) in [7, 11) is 0. The van der Waals surface area contributed by atoms with E-state index in [1.54, 1.807) is 19.3 Å². The third-order valence-corrected chi connectivity index (χ3v) is 7.22. The number of nitrogens with one attached hydrogen (secondary N) is 1. The van der Waals surface area contributed by atoms with Crippen molar-refractivity contribution in [2.45, 2.75) is 38.3 Å². The molecule has 0 unspecified atom stereocenters. The van der Waals surface area contributed by atoms with Gasteiger partial charge in [-0.25, -0.2) is 9.37 Å². The molecule has 1 aliphatic rings. The Labute approximate surface area is 228 Å². The van der Waals surface area contributed by atoms with Crippen molar-refractivity contribution >= 4 is 40.0 Å². The number of rotatable bonds is 6. The summed E-state index contributed by atoms with van der Waals surface area (Å²) in [6.07, 6.45) is 6.81. The number of ether oxygens (including phenoxy) is 1. The number of benzene rings is 1. The lowest BCUT2D eigenvalue weighted by Crippen LogP contribution is -2.29. The number of nitrogens with zero attached hydrogens (tertiary/aromatic N) is 3. The number of fused-ring (bicyclic) bond motifs is 1. The minimum absolute atomic E-state index is 0.0774. The van der Waals surface area contributed by atoms with E-state index in [9.17, 15) is 9.50 Å². The number of piperidine rings is 1. The normalized spacial score (nSPS) is 14.9. The van der Waals surface area contributed by atoms with Crippen molar-refractivity contribution in [2.75, 3.05) is 25.4 Å². The van der Waals surface area contributed by atoms with Crippen molar-refractivity contribution in [2.24, 2.45) is 0 Å². The highest BCUT2D eigenvalue weighted by molar-refractivity contribution is 6.36. The second-order valence-corrected chi connectivity index (χ2v) is 9.79. The molecule has 0 spiro atoms. The Morgan fingerprint density at radius 3 is 2.87 bits per heavy atom. The maximum absolute atomic E-state index is 14.2. The highest BCUT2D eigenvalue weighted by Crippen LogP contribution is 2.43. The van der Waals surface area contributed by atoms with E-state index in [1.165, 1.54) is 12.1 Å². The number of halogens is 3. The summed E-state index contributed by atoms with van der Waals surface area (Å²) in [5.41, 5.74) is 8.31. The zero-order valence-electron chi connectivity index (χ0n) is 20.6. The smallest absolute Gasteiger partial charge is 0.205 e. The first-order chi connectivity index (χ1) is 18.4. The van der Waals surface area contributed by atoms with Crippen LogP contribution >= 0.6 is 23.2 Å². The molecule has 198 valence electrons. The molecule has 11 heteroatoms. The molecule has 0 bridgehead atoms. The molecular weight excluding hydrogens is 532 g/mol. The van der Waals surface area contributed by atoms with Crippen molar-refractivity contribution in [3.8, 4) is 28.7 Å². The average Bonchev–Trinajstić information content (AvgIpc) is 3.54. The molecule has 1 fully saturated rings. The van der Waals surface area contributed by atoms with Gasteiger partial charge in [-0.05, 0) is 50.9 Å². The van der Waals surface area contributed by atoms with E-state index >= 15 is 0 Å². The molecule has 1 aliphatic heterocycles. The summed E-state index contributed by atoms with van der Waals surface area (Å²) < 4.78 is 28.5. The zero-order chi connectivity index (χ0) is 26.8. The summed E-state index contributed by atoms with van der Waals surface area (Å²) >= 11 is 12.5. The zero-order valence-corrected chi connectivity index (χ0v) is 22.1. The fourth-order valence-electron chi connectivity index (χ4n) is 4.62. The molecule has 0 amide bonds. The van der Waals surface area contributed by atoms with E-state index in [2.05, 4.69) is 27.2 Å². The van der Waals surface area contributed by atoms with Crippen molar-refractivity contribution < 1.29 is 18.7 Å². The van der Waals surface area contributed by atoms with Crippen LogP contribution < -0.4 is 15.8 Å². The molecule has 1 aromatic carbocycles. The summed E-state index contributed by atoms with van der Waals surface area (Å²) in [5.74, 6) is 5.92. The van der Waals surface area contributed by atoms with Gasteiger partial charge in [-0.1, -0.05) is 29.1 Å². The van der Waals surface area contributed by atoms with Crippen LogP contribution in [0.25, 0.3) is 22.1 Å². The van der Waals surface area contributed by atoms with Gasteiger partial charge in [0.2, 0.25) is 5.75 Å². The topological polar surface area (TPSA) is 111 Å². The first kappa shape index (κ1) is 26.3. The number of nitrogen functional groups attached to an aromatic ring is 1. The molecule has 4 heterocycles. The minimum atomic E-state index is -0.777. The van der Waals surface area contributed by atoms with E-state index in [0.29, 0.717) is 28.3 Å². The molecule has 38 heavy (non-hydrogen) atoms. The number of aliphatic hydroxyl groups is 1. The molecule has 1 saturated heterocycles. The standard InChI is InChI=1S/C27H26Cl2FN5O3/c1-15(22-19(28)5-6-20(30)24(22)29)37-26-25-18(13-33-27(26)31)23(21(38-25)4-2-3-11-36)16-12-34-35(14-16)17-7-9-32-10-8-17/h5-6,12-15,17,32,36H,3,7-11H2,1H3,(H2,31,33)/t15-/m1/s1. The van der Waals surface area contributed by atoms with Gasteiger partial charge in [0.1, 0.15) is 11.9 Å². The Morgan fingerprint density at radius 1 is 1.32 bits per heavy atom. The first-order valence-electron chi connectivity index (χ1n) is 12.2. The predicted octanol–water partition coefficient (Wildman–Crippen LogP) is 5.52. The van der Waals surface area contributed by atoms with E-state index in [0.717, 1.165) is 31.5 Å². The number of aromatic nitrogens is 3. The Kier molecular flexibility index (Phi) is 7.77. The van der Waals surface area contributed by atoms with E-state index in [4.69, 9.17) is 38.1 Å². The predicted molar refractivity (Wildman–Crippen MR) is 145 cm³/mol. The third kappa shape index (κ3) is 5.05. The lowest BCUT2D eigenvalue weighted by Gasteiger charge is -2.22. The van der Waals surface area contributed by atoms with Gasteiger partial charge in [0.15, 0.2) is 17.2 Å². The van der Waals surface area contributed by atoms with Crippen LogP contribution in [0.4, 0.5) is 10.2 Å². The molecule has 4 N–H and O–H groups in total. The van der Waals surface area contributed by atoms with Gasteiger partial charge in [0, 0.05) is 40.5 Å². The fraction of sp³-hybridized carbons (Fsp3) is 0.333. The SMILES string of the molecule is C[C@@H](Oc1c(N)ncc2c(-c3cnn(C4CCNCC4)c3)c(C#CCCO)oc12)c1c(Cl)ccc(F)c1Cl. The molecular formula is C27H26Cl2FN5O3. The van der Waals surface area contributed by atoms with Gasteiger partial charge < -0.3 is 25.3 Å². The van der Waals surface area contributed by atoms with Gasteiger partial charge in [-0.2, -0.15) is 5.10 Å². The molecule has 3 aromatic heterocycles. The lowest BCUT2D eigenvalue weighted by atomic mass is 10.1. The first-order valence-corrected chi connectivity index (χ1v) is 13.0. The number of furan rings is 1. The Bertz CT molecular complexity index is 1540. The molecule has 1 atom stereocenters. The number of hydrogen-bond acceptors (Lipinski definition) is 7. The molecule has 8 nitrogen and oxygen atoms in total. The third-order valence-electron chi connectivity index (χ3n) is 6.51. The molecule has 4 aromatic rings. The number of aliphatic hydroxyl groups excluding tert-OH is 1. The number of anilines is 1. The summed E-state index contributed by atoms with van der Waals surface area (Å²) in [6, 6.07) is 2.90. The molecule has 5 rings (SSSR count). The fourth-order valence-corrected chi connectivity index (χ4v) is 5.30. The minimum Gasteiger partial charge on any atom is -0.478 e. The van der Waals surface area contributed by atoms with Crippen LogP contribution in [0.5, 0.6) is 5.75 Å². The van der Waals surface area contributed by atoms with Gasteiger partial charge in [-0.15, -0.1) is 0 Å². The van der Waals surface area contributed by atoms with E-state index in [1.807, 2.05) is 10.9 Å². The van der Waals surface area contributed by atoms with Gasteiger partial charge >= 0.3 is 0 Å². The largest absolute Gasteiger partial charge is 0.478 e. The molecule has 0 aliphatic carbocycles. The van der Waals surface area contributed by atoms with Crippen LogP contribution in [-0.4, -0.2) is 39.6 Å². The maximum atomic E-state index is 14.2. The Hall–Kier alpha value is -3.29. The molecule has 0 saturated carbocycles. The summed E-state index contributed by atoms with van der Waals surface area (Å²) in [5, 5.41) is 17.9. The van der Waals surface area contributed by atoms with Crippen molar-refractivity contribution in [1.29, 1.82) is 0 Å². The van der Waals surface area contributed by atoms with E-state index in [-0.39, 0.29) is 40.2 Å². The van der Waals surface area contributed by atoms with Crippen LogP contribution in [0.2, 0.25) is 10.0 Å². The van der Waals surface area contributed by atoms with Crippen LogP contribution in [-0.2, 0) is 0 Å². The van der Waals surface area contributed by atoms with E-state index < -0.39 is 11.9 Å². The lowest BCUT2D eigenvalue weighted by molar-refractivity contribution is 0.227. The summed E-state index contributed by atoms with van der Waals surface area (Å²) in [6.45, 7) is 3.48. The van der Waals surface area contributed by atoms with Crippen LogP contribution in [0, 0.1) is 17.7 Å². The van der Waals surface area contributed by atoms with Crippen molar-refractivity contribution in [3.63, 3.8) is 0 Å². The second-order valence-electron chi connectivity index (χ2n) is 9.00. The maximum Gasteiger partial charge on any atom is 0.205 e. The second kappa shape index (κ2) is 11.2. The van der Waals surface area contributed by atoms with Gasteiger partial charge in [0.25, 0.3) is 0 Å². The number of hydrogen-bond donors (Lipinski definition) is 3. The number of nitrogens with two attached hydrogens (primary N) is 1. The van der Waals surface area contributed by atoms with Crippen LogP contribution in [0.15, 0.2) is 35.1 Å². The highest BCUT2D eigenvalue weighted by Gasteiger charge is 2.26. The monoisotopic (exact) mass is 557 g/mol. The van der Waals surface area contributed by atoms with Gasteiger partial charge in [0.05, 0.1) is 29.3 Å². The van der Waals surface area contributed by atoms with Crippen molar-refractivity contribution in [3.05, 3.63) is 57.9 Å². The average molecular weight is 558 g/mol. The highest BCUT2D eigenvalue weighted by atomic mass is 35.5. The summed E-state index contributed by atoms with van der Waals surface area (Å²) in [4.78, 5) is 4.34. The Balaban J connectivity index is 1.60. The van der Waals surface area contributed by atoms with Crippen LogP contribution in [0.1, 0.15) is 49.7 Å². The number of pyridine rings is 1. The Morgan fingerprint density at radius 2 is 2.11 bits per heavy atom. The molecule has 0 radical (unpaired) electrons. The quantitative estimate of drug-likeness (QED) is 0.211. The van der Waals surface area contributed by atoms with Gasteiger partial charge in [-0.3, -0.25) is 4.68 Å².